The van der Waals surface area contributed by atoms with Gasteiger partial charge in [-0.3, -0.25) is 0 Å². The molecule has 0 aliphatic carbocycles. The van der Waals surface area contributed by atoms with Crippen LogP contribution < -0.4 is 5.32 Å². The monoisotopic (exact) mass is 267 g/mol. The molecule has 6 nitrogen and oxygen atoms in total. The molecule has 19 heavy (non-hydrogen) atoms. The van der Waals surface area contributed by atoms with Crippen molar-refractivity contribution in [2.75, 3.05) is 26.2 Å². The van der Waals surface area contributed by atoms with E-state index in [1.807, 2.05) is 0 Å². The summed E-state index contributed by atoms with van der Waals surface area (Å²) in [5, 5.41) is 16.3. The molecule has 1 aliphatic heterocycles. The molecule has 0 aromatic carbocycles. The van der Waals surface area contributed by atoms with E-state index < -0.39 is 0 Å². The van der Waals surface area contributed by atoms with Crippen molar-refractivity contribution in [3.63, 3.8) is 0 Å². The van der Waals surface area contributed by atoms with Crippen LogP contribution in [0, 0.1) is 0 Å². The van der Waals surface area contributed by atoms with Gasteiger partial charge in [0.2, 0.25) is 0 Å². The predicted octanol–water partition coefficient (Wildman–Crippen LogP) is 1.29. The first-order chi connectivity index (χ1) is 9.13. The molecule has 1 unspecified atom stereocenters. The molecule has 0 saturated carbocycles. The lowest BCUT2D eigenvalue weighted by Gasteiger charge is -2.19. The third kappa shape index (κ3) is 3.07. The first kappa shape index (κ1) is 13.9. The van der Waals surface area contributed by atoms with Gasteiger partial charge in [0.05, 0.1) is 12.3 Å². The Labute approximate surface area is 112 Å². The van der Waals surface area contributed by atoms with Crippen molar-refractivity contribution in [2.24, 2.45) is 0 Å². The number of nitrogens with zero attached hydrogens (tertiary/aromatic N) is 2. The molecule has 2 heterocycles. The van der Waals surface area contributed by atoms with Crippen LogP contribution in [0.15, 0.2) is 10.8 Å². The van der Waals surface area contributed by atoms with Crippen LogP contribution in [0.3, 0.4) is 0 Å². The van der Waals surface area contributed by atoms with E-state index in [9.17, 15) is 9.90 Å². The van der Waals surface area contributed by atoms with Crippen LogP contribution in [0.4, 0.5) is 4.79 Å². The van der Waals surface area contributed by atoms with Crippen LogP contribution in [0.2, 0.25) is 0 Å². The molecule has 2 rings (SSSR count). The van der Waals surface area contributed by atoms with E-state index in [4.69, 9.17) is 4.52 Å². The normalized spacial score (nSPS) is 17.1. The lowest BCUT2D eigenvalue weighted by atomic mass is 9.94. The van der Waals surface area contributed by atoms with Crippen molar-refractivity contribution in [1.82, 2.24) is 15.4 Å². The smallest absolute Gasteiger partial charge is 0.317 e. The minimum Gasteiger partial charge on any atom is -0.396 e. The summed E-state index contributed by atoms with van der Waals surface area (Å²) >= 11 is 0. The van der Waals surface area contributed by atoms with Crippen LogP contribution in [-0.4, -0.2) is 47.4 Å². The summed E-state index contributed by atoms with van der Waals surface area (Å²) in [4.78, 5) is 13.2. The molecule has 1 aliphatic rings. The quantitative estimate of drug-likeness (QED) is 0.814. The molecule has 2 N–H and O–H groups in total. The molecule has 1 saturated heterocycles. The highest BCUT2D eigenvalue weighted by molar-refractivity contribution is 5.76. The number of aliphatic hydroxyl groups excluding tert-OH is 1. The topological polar surface area (TPSA) is 78.6 Å². The van der Waals surface area contributed by atoms with E-state index >= 15 is 0 Å². The minimum atomic E-state index is -0.0791. The number of hydrogen-bond donors (Lipinski definition) is 2. The molecule has 6 heteroatoms. The molecule has 0 radical (unpaired) electrons. The Morgan fingerprint density at radius 1 is 1.58 bits per heavy atom. The SMILES string of the molecule is CC(C)c1conc1C(CO)CCN1CCNC1=O. The third-order valence-electron chi connectivity index (χ3n) is 3.55. The number of carbonyl (C=O) groups is 1. The van der Waals surface area contributed by atoms with Gasteiger partial charge < -0.3 is 19.8 Å². The standard InChI is InChI=1S/C13H21N3O3/c1-9(2)11-8-19-15-12(11)10(7-17)3-5-16-6-4-14-13(16)18/h8-10,17H,3-7H2,1-2H3,(H,14,18). The predicted molar refractivity (Wildman–Crippen MR) is 70.0 cm³/mol. The Hall–Kier alpha value is -1.56. The van der Waals surface area contributed by atoms with Crippen LogP contribution in [0.1, 0.15) is 43.4 Å². The molecule has 0 spiro atoms. The number of aromatic nitrogens is 1. The van der Waals surface area contributed by atoms with Gasteiger partial charge in [0.1, 0.15) is 6.26 Å². The number of rotatable bonds is 6. The Balaban J connectivity index is 1.99. The molecule has 1 aromatic rings. The third-order valence-corrected chi connectivity index (χ3v) is 3.55. The van der Waals surface area contributed by atoms with Crippen molar-refractivity contribution >= 4 is 6.03 Å². The van der Waals surface area contributed by atoms with E-state index in [-0.39, 0.29) is 18.6 Å². The van der Waals surface area contributed by atoms with Gasteiger partial charge in [0.15, 0.2) is 0 Å². The number of hydrogen-bond acceptors (Lipinski definition) is 4. The van der Waals surface area contributed by atoms with Crippen LogP contribution in [0.5, 0.6) is 0 Å². The number of carbonyl (C=O) groups excluding carboxylic acids is 1. The average Bonchev–Trinajstić information content (AvgIpc) is 3.00. The lowest BCUT2D eigenvalue weighted by Crippen LogP contribution is -2.30. The fraction of sp³-hybridized carbons (Fsp3) is 0.692. The molecule has 1 aromatic heterocycles. The van der Waals surface area contributed by atoms with Gasteiger partial charge in [-0.25, -0.2) is 4.79 Å². The Kier molecular flexibility index (Phi) is 4.42. The summed E-state index contributed by atoms with van der Waals surface area (Å²) < 4.78 is 5.03. The second kappa shape index (κ2) is 6.06. The molecule has 1 atom stereocenters. The molecule has 1 fully saturated rings. The summed E-state index contributed by atoms with van der Waals surface area (Å²) in [7, 11) is 0. The summed E-state index contributed by atoms with van der Waals surface area (Å²) in [5.74, 6) is 0.231. The van der Waals surface area contributed by atoms with E-state index in [1.54, 1.807) is 11.2 Å². The average molecular weight is 267 g/mol. The first-order valence-corrected chi connectivity index (χ1v) is 6.71. The second-order valence-corrected chi connectivity index (χ2v) is 5.20. The van der Waals surface area contributed by atoms with E-state index in [2.05, 4.69) is 24.3 Å². The molecule has 0 bridgehead atoms. The van der Waals surface area contributed by atoms with Crippen LogP contribution >= 0.6 is 0 Å². The highest BCUT2D eigenvalue weighted by Gasteiger charge is 2.24. The van der Waals surface area contributed by atoms with Crippen LogP contribution in [0.25, 0.3) is 0 Å². The second-order valence-electron chi connectivity index (χ2n) is 5.20. The highest BCUT2D eigenvalue weighted by atomic mass is 16.5. The Morgan fingerprint density at radius 2 is 2.37 bits per heavy atom. The fourth-order valence-corrected chi connectivity index (χ4v) is 2.35. The maximum Gasteiger partial charge on any atom is 0.317 e. The zero-order valence-electron chi connectivity index (χ0n) is 11.4. The van der Waals surface area contributed by atoms with Gasteiger partial charge in [0.25, 0.3) is 0 Å². The Bertz CT molecular complexity index is 431. The van der Waals surface area contributed by atoms with Crippen molar-refractivity contribution in [2.45, 2.75) is 32.1 Å². The van der Waals surface area contributed by atoms with Gasteiger partial charge >= 0.3 is 6.03 Å². The van der Waals surface area contributed by atoms with Gasteiger partial charge in [-0.05, 0) is 12.3 Å². The van der Waals surface area contributed by atoms with Gasteiger partial charge in [-0.2, -0.15) is 0 Å². The Morgan fingerprint density at radius 3 is 2.95 bits per heavy atom. The molecule has 2 amide bonds. The van der Waals surface area contributed by atoms with E-state index in [0.717, 1.165) is 17.8 Å². The summed E-state index contributed by atoms with van der Waals surface area (Å²) in [6.07, 6.45) is 2.33. The highest BCUT2D eigenvalue weighted by Crippen LogP contribution is 2.27. The fourth-order valence-electron chi connectivity index (χ4n) is 2.35. The van der Waals surface area contributed by atoms with E-state index in [1.165, 1.54) is 0 Å². The van der Waals surface area contributed by atoms with E-state index in [0.29, 0.717) is 25.4 Å². The number of aliphatic hydroxyl groups is 1. The molecular weight excluding hydrogens is 246 g/mol. The maximum absolute atomic E-state index is 11.5. The maximum atomic E-state index is 11.5. The summed E-state index contributed by atoms with van der Waals surface area (Å²) in [5.41, 5.74) is 1.85. The van der Waals surface area contributed by atoms with Crippen molar-refractivity contribution in [1.29, 1.82) is 0 Å². The molecule has 106 valence electrons. The van der Waals surface area contributed by atoms with Crippen molar-refractivity contribution in [3.05, 3.63) is 17.5 Å². The number of nitrogens with one attached hydrogen (secondary N) is 1. The number of amides is 2. The lowest BCUT2D eigenvalue weighted by molar-refractivity contribution is 0.207. The summed E-state index contributed by atoms with van der Waals surface area (Å²) in [6, 6.07) is -0.0269. The minimum absolute atomic E-state index is 0.0156. The largest absolute Gasteiger partial charge is 0.396 e. The zero-order chi connectivity index (χ0) is 13.8. The van der Waals surface area contributed by atoms with Gasteiger partial charge in [-0.15, -0.1) is 0 Å². The summed E-state index contributed by atoms with van der Waals surface area (Å²) in [6.45, 7) is 6.20. The van der Waals surface area contributed by atoms with Gasteiger partial charge in [-0.1, -0.05) is 19.0 Å². The molecular formula is C13H21N3O3. The zero-order valence-corrected chi connectivity index (χ0v) is 11.4. The number of urea groups is 1. The van der Waals surface area contributed by atoms with Crippen molar-refractivity contribution in [3.8, 4) is 0 Å². The van der Waals surface area contributed by atoms with Gasteiger partial charge in [0, 0.05) is 31.1 Å². The van der Waals surface area contributed by atoms with Crippen LogP contribution in [-0.2, 0) is 0 Å². The first-order valence-electron chi connectivity index (χ1n) is 6.71. The van der Waals surface area contributed by atoms with Crippen molar-refractivity contribution < 1.29 is 14.4 Å².